The Labute approximate surface area is 156 Å². The van der Waals surface area contributed by atoms with Gasteiger partial charge in [0.2, 0.25) is 0 Å². The van der Waals surface area contributed by atoms with E-state index in [0.29, 0.717) is 33.5 Å². The Morgan fingerprint density at radius 2 is 1.88 bits per heavy atom. The van der Waals surface area contributed by atoms with Crippen molar-refractivity contribution >= 4 is 23.2 Å². The number of carbonyl (C=O) groups excluding carboxylic acids is 1. The summed E-state index contributed by atoms with van der Waals surface area (Å²) in [5.74, 6) is 0.870. The van der Waals surface area contributed by atoms with Crippen molar-refractivity contribution in [2.45, 2.75) is 6.92 Å². The van der Waals surface area contributed by atoms with Gasteiger partial charge in [0.05, 0.1) is 37.4 Å². The maximum atomic E-state index is 12.6. The summed E-state index contributed by atoms with van der Waals surface area (Å²) < 4.78 is 12.1. The third-order valence-corrected chi connectivity index (χ3v) is 4.18. The molecule has 1 aromatic heterocycles. The number of halogens is 1. The Kier molecular flexibility index (Phi) is 5.14. The van der Waals surface area contributed by atoms with Crippen molar-refractivity contribution in [3.05, 3.63) is 64.9 Å². The van der Waals surface area contributed by atoms with Crippen molar-refractivity contribution in [1.29, 1.82) is 0 Å². The Balaban J connectivity index is 1.85. The van der Waals surface area contributed by atoms with Gasteiger partial charge in [-0.3, -0.25) is 4.79 Å². The summed E-state index contributed by atoms with van der Waals surface area (Å²) in [4.78, 5) is 12.6. The van der Waals surface area contributed by atoms with E-state index in [1.807, 2.05) is 19.1 Å². The average molecular weight is 372 g/mol. The molecule has 1 N–H and O–H groups in total. The largest absolute Gasteiger partial charge is 0.493 e. The van der Waals surface area contributed by atoms with Crippen LogP contribution in [0.1, 0.15) is 16.1 Å². The van der Waals surface area contributed by atoms with E-state index in [1.165, 1.54) is 6.20 Å². The van der Waals surface area contributed by atoms with Crippen LogP contribution in [0.15, 0.2) is 48.7 Å². The molecule has 1 amide bonds. The molecule has 3 rings (SSSR count). The molecule has 2 aromatic carbocycles. The van der Waals surface area contributed by atoms with Gasteiger partial charge in [-0.15, -0.1) is 0 Å². The molecule has 0 aliphatic rings. The Bertz CT molecular complexity index is 953. The van der Waals surface area contributed by atoms with Gasteiger partial charge in [0.1, 0.15) is 0 Å². The van der Waals surface area contributed by atoms with Crippen molar-refractivity contribution in [1.82, 2.24) is 9.78 Å². The predicted molar refractivity (Wildman–Crippen MR) is 101 cm³/mol. The smallest absolute Gasteiger partial charge is 0.259 e. The number of benzene rings is 2. The Morgan fingerprint density at radius 1 is 1.12 bits per heavy atom. The molecular formula is C19H18ClN3O3. The molecule has 134 valence electrons. The third-order valence-electron chi connectivity index (χ3n) is 3.95. The molecule has 0 saturated carbocycles. The zero-order valence-electron chi connectivity index (χ0n) is 14.6. The lowest BCUT2D eigenvalue weighted by Gasteiger charge is -2.10. The van der Waals surface area contributed by atoms with Crippen LogP contribution < -0.4 is 14.8 Å². The van der Waals surface area contributed by atoms with Crippen molar-refractivity contribution in [3.63, 3.8) is 0 Å². The van der Waals surface area contributed by atoms with E-state index in [-0.39, 0.29) is 5.91 Å². The maximum Gasteiger partial charge on any atom is 0.259 e. The van der Waals surface area contributed by atoms with E-state index in [0.717, 1.165) is 5.69 Å². The van der Waals surface area contributed by atoms with E-state index >= 15 is 0 Å². The zero-order valence-corrected chi connectivity index (χ0v) is 15.4. The second kappa shape index (κ2) is 7.49. The van der Waals surface area contributed by atoms with Gasteiger partial charge in [0, 0.05) is 16.8 Å². The molecule has 0 aliphatic heterocycles. The lowest BCUT2D eigenvalue weighted by Crippen LogP contribution is -2.13. The molecule has 3 aromatic rings. The summed E-state index contributed by atoms with van der Waals surface area (Å²) in [6.45, 7) is 1.83. The van der Waals surface area contributed by atoms with E-state index in [1.54, 1.807) is 49.2 Å². The summed E-state index contributed by atoms with van der Waals surface area (Å²) in [5, 5.41) is 7.76. The van der Waals surface area contributed by atoms with Gasteiger partial charge in [0.15, 0.2) is 11.5 Å². The molecule has 26 heavy (non-hydrogen) atoms. The molecule has 1 heterocycles. The fraction of sp³-hybridized carbons (Fsp3) is 0.158. The van der Waals surface area contributed by atoms with Crippen LogP contribution in [0.2, 0.25) is 5.02 Å². The summed E-state index contributed by atoms with van der Waals surface area (Å²) in [5.41, 5.74) is 2.58. The molecule has 7 heteroatoms. The summed E-state index contributed by atoms with van der Waals surface area (Å²) >= 11 is 6.03. The average Bonchev–Trinajstić information content (AvgIpc) is 3.03. The van der Waals surface area contributed by atoms with Crippen molar-refractivity contribution in [2.24, 2.45) is 0 Å². The van der Waals surface area contributed by atoms with E-state index in [4.69, 9.17) is 21.1 Å². The van der Waals surface area contributed by atoms with Crippen LogP contribution in [0.4, 0.5) is 5.69 Å². The van der Waals surface area contributed by atoms with Crippen LogP contribution in [-0.4, -0.2) is 29.9 Å². The zero-order chi connectivity index (χ0) is 18.7. The molecule has 0 bridgehead atoms. The maximum absolute atomic E-state index is 12.6. The number of hydrogen-bond acceptors (Lipinski definition) is 4. The molecule has 0 aliphatic carbocycles. The highest BCUT2D eigenvalue weighted by Gasteiger charge is 2.16. The first kappa shape index (κ1) is 17.8. The molecular weight excluding hydrogens is 354 g/mol. The molecule has 6 nitrogen and oxygen atoms in total. The van der Waals surface area contributed by atoms with Gasteiger partial charge in [-0.25, -0.2) is 4.68 Å². The number of aromatic nitrogens is 2. The molecule has 0 atom stereocenters. The first-order valence-electron chi connectivity index (χ1n) is 7.87. The number of amides is 1. The molecule has 0 fully saturated rings. The number of anilines is 1. The normalized spacial score (nSPS) is 10.5. The van der Waals surface area contributed by atoms with Crippen LogP contribution in [0.3, 0.4) is 0 Å². The minimum absolute atomic E-state index is 0.261. The van der Waals surface area contributed by atoms with E-state index in [2.05, 4.69) is 10.4 Å². The standard InChI is InChI=1S/C19H18ClN3O3/c1-12-16(11-21-23(12)15-6-4-5-13(20)9-15)19(24)22-14-7-8-17(25-2)18(10-14)26-3/h4-11H,1-3H3,(H,22,24). The van der Waals surface area contributed by atoms with Crippen molar-refractivity contribution in [3.8, 4) is 17.2 Å². The van der Waals surface area contributed by atoms with Gasteiger partial charge in [0.25, 0.3) is 5.91 Å². The number of hydrogen-bond donors (Lipinski definition) is 1. The topological polar surface area (TPSA) is 65.4 Å². The Hall–Kier alpha value is -2.99. The number of nitrogens with zero attached hydrogens (tertiary/aromatic N) is 2. The number of nitrogens with one attached hydrogen (secondary N) is 1. The highest BCUT2D eigenvalue weighted by Crippen LogP contribution is 2.30. The minimum Gasteiger partial charge on any atom is -0.493 e. The number of methoxy groups -OCH3 is 2. The van der Waals surface area contributed by atoms with Gasteiger partial charge < -0.3 is 14.8 Å². The van der Waals surface area contributed by atoms with Gasteiger partial charge in [-0.05, 0) is 37.3 Å². The summed E-state index contributed by atoms with van der Waals surface area (Å²) in [7, 11) is 3.10. The third kappa shape index (κ3) is 3.50. The quantitative estimate of drug-likeness (QED) is 0.733. The van der Waals surface area contributed by atoms with E-state index in [9.17, 15) is 4.79 Å². The molecule has 0 saturated heterocycles. The second-order valence-electron chi connectivity index (χ2n) is 5.56. The number of carbonyl (C=O) groups is 1. The SMILES string of the molecule is COc1ccc(NC(=O)c2cnn(-c3cccc(Cl)c3)c2C)cc1OC. The first-order chi connectivity index (χ1) is 12.5. The molecule has 0 unspecified atom stereocenters. The lowest BCUT2D eigenvalue weighted by molar-refractivity contribution is 0.102. The van der Waals surface area contributed by atoms with Crippen LogP contribution in [0.5, 0.6) is 11.5 Å². The fourth-order valence-electron chi connectivity index (χ4n) is 2.61. The summed E-state index contributed by atoms with van der Waals surface area (Å²) in [6, 6.07) is 12.5. The van der Waals surface area contributed by atoms with Gasteiger partial charge in [-0.1, -0.05) is 17.7 Å². The van der Waals surface area contributed by atoms with Crippen molar-refractivity contribution in [2.75, 3.05) is 19.5 Å². The first-order valence-corrected chi connectivity index (χ1v) is 8.25. The van der Waals surface area contributed by atoms with Crippen LogP contribution in [0.25, 0.3) is 5.69 Å². The van der Waals surface area contributed by atoms with Crippen LogP contribution >= 0.6 is 11.6 Å². The minimum atomic E-state index is -0.261. The highest BCUT2D eigenvalue weighted by molar-refractivity contribution is 6.30. The molecule has 0 spiro atoms. The second-order valence-corrected chi connectivity index (χ2v) is 6.00. The Morgan fingerprint density at radius 3 is 2.58 bits per heavy atom. The highest BCUT2D eigenvalue weighted by atomic mass is 35.5. The van der Waals surface area contributed by atoms with Crippen LogP contribution in [-0.2, 0) is 0 Å². The van der Waals surface area contributed by atoms with Gasteiger partial charge >= 0.3 is 0 Å². The summed E-state index contributed by atoms with van der Waals surface area (Å²) in [6.07, 6.45) is 1.53. The van der Waals surface area contributed by atoms with E-state index < -0.39 is 0 Å². The molecule has 0 radical (unpaired) electrons. The predicted octanol–water partition coefficient (Wildman–Crippen LogP) is 4.10. The number of rotatable bonds is 5. The van der Waals surface area contributed by atoms with Crippen LogP contribution in [0, 0.1) is 6.92 Å². The monoisotopic (exact) mass is 371 g/mol. The van der Waals surface area contributed by atoms with Crippen molar-refractivity contribution < 1.29 is 14.3 Å². The van der Waals surface area contributed by atoms with Gasteiger partial charge in [-0.2, -0.15) is 5.10 Å². The lowest BCUT2D eigenvalue weighted by atomic mass is 10.2. The number of ether oxygens (including phenoxy) is 2. The fourth-order valence-corrected chi connectivity index (χ4v) is 2.80.